The number of aromatic nitrogens is 1. The Morgan fingerprint density at radius 3 is 2.44 bits per heavy atom. The Morgan fingerprint density at radius 1 is 1.19 bits per heavy atom. The van der Waals surface area contributed by atoms with Gasteiger partial charge in [0.15, 0.2) is 5.96 Å². The van der Waals surface area contributed by atoms with E-state index in [9.17, 15) is 18.0 Å². The smallest absolute Gasteiger partial charge is 0.416 e. The van der Waals surface area contributed by atoms with E-state index in [-0.39, 0.29) is 60.9 Å². The Hall–Kier alpha value is -2.31. The third-order valence-corrected chi connectivity index (χ3v) is 4.28. The molecule has 1 amide bonds. The van der Waals surface area contributed by atoms with E-state index in [1.807, 2.05) is 20.8 Å². The summed E-state index contributed by atoms with van der Waals surface area (Å²) in [5.41, 5.74) is -0.539. The number of aliphatic imine (C=N–C) groups is 1. The lowest BCUT2D eigenvalue weighted by atomic mass is 9.94. The highest BCUT2D eigenvalue weighted by Gasteiger charge is 2.30. The van der Waals surface area contributed by atoms with Crippen molar-refractivity contribution in [1.29, 1.82) is 0 Å². The van der Waals surface area contributed by atoms with Crippen molar-refractivity contribution in [1.82, 2.24) is 20.5 Å². The van der Waals surface area contributed by atoms with Gasteiger partial charge in [-0.25, -0.2) is 9.98 Å². The first-order valence-corrected chi connectivity index (χ1v) is 9.70. The van der Waals surface area contributed by atoms with Crippen molar-refractivity contribution < 1.29 is 22.4 Å². The highest BCUT2D eigenvalue weighted by Crippen LogP contribution is 2.29. The van der Waals surface area contributed by atoms with Gasteiger partial charge in [-0.3, -0.25) is 4.79 Å². The standard InChI is InChI=1S/C21H28F3N5O2.HI/c1-20(2,3)16-11-25-17(31-16)12-27-19(28-13-18(30)29(4)5)26-10-14-7-6-8-15(9-14)21(22,23)24;/h6-9,11H,10,12-13H2,1-5H3,(H2,26,27,28);1H. The van der Waals surface area contributed by atoms with E-state index in [1.165, 1.54) is 11.0 Å². The highest BCUT2D eigenvalue weighted by atomic mass is 127. The Labute approximate surface area is 202 Å². The number of nitrogens with one attached hydrogen (secondary N) is 2. The molecule has 2 rings (SSSR count). The van der Waals surface area contributed by atoms with E-state index >= 15 is 0 Å². The quantitative estimate of drug-likeness (QED) is 0.314. The number of benzene rings is 1. The molecule has 0 unspecified atom stereocenters. The third kappa shape index (κ3) is 8.67. The molecule has 32 heavy (non-hydrogen) atoms. The van der Waals surface area contributed by atoms with Crippen LogP contribution in [0.1, 0.15) is 43.5 Å². The molecule has 0 radical (unpaired) electrons. The number of hydrogen-bond acceptors (Lipinski definition) is 4. The molecule has 1 aromatic carbocycles. The van der Waals surface area contributed by atoms with Gasteiger partial charge in [0, 0.05) is 19.5 Å². The summed E-state index contributed by atoms with van der Waals surface area (Å²) >= 11 is 0. The summed E-state index contributed by atoms with van der Waals surface area (Å²) in [4.78, 5) is 21.8. The van der Waals surface area contributed by atoms with E-state index in [1.54, 1.807) is 26.4 Å². The van der Waals surface area contributed by atoms with Gasteiger partial charge in [0.05, 0.1) is 31.4 Å². The lowest BCUT2D eigenvalue weighted by molar-refractivity contribution is -0.137. The fraction of sp³-hybridized carbons (Fsp3) is 0.476. The number of guanidine groups is 1. The van der Waals surface area contributed by atoms with Crippen LogP contribution in [0.3, 0.4) is 0 Å². The van der Waals surface area contributed by atoms with Crippen LogP contribution in [0.25, 0.3) is 0 Å². The fourth-order valence-electron chi connectivity index (χ4n) is 2.41. The molecule has 1 heterocycles. The van der Waals surface area contributed by atoms with Crippen molar-refractivity contribution in [2.75, 3.05) is 20.6 Å². The number of nitrogens with zero attached hydrogens (tertiary/aromatic N) is 3. The zero-order chi connectivity index (χ0) is 23.2. The van der Waals surface area contributed by atoms with Gasteiger partial charge in [0.1, 0.15) is 5.76 Å². The van der Waals surface area contributed by atoms with Gasteiger partial charge < -0.3 is 20.0 Å². The minimum atomic E-state index is -4.42. The molecular weight excluding hydrogens is 538 g/mol. The van der Waals surface area contributed by atoms with E-state index in [2.05, 4.69) is 20.6 Å². The SMILES string of the molecule is CN(C)C(=O)CNC(=NCc1cccc(C(F)(F)F)c1)NCc1ncc(C(C)(C)C)o1.I. The monoisotopic (exact) mass is 567 g/mol. The predicted molar refractivity (Wildman–Crippen MR) is 127 cm³/mol. The average molecular weight is 567 g/mol. The van der Waals surface area contributed by atoms with Gasteiger partial charge in [-0.15, -0.1) is 24.0 Å². The van der Waals surface area contributed by atoms with Crippen LogP contribution in [0.2, 0.25) is 0 Å². The van der Waals surface area contributed by atoms with Crippen LogP contribution in [0.5, 0.6) is 0 Å². The average Bonchev–Trinajstić information content (AvgIpc) is 3.16. The van der Waals surface area contributed by atoms with Crippen molar-refractivity contribution in [3.8, 4) is 0 Å². The summed E-state index contributed by atoms with van der Waals surface area (Å²) in [7, 11) is 3.25. The minimum Gasteiger partial charge on any atom is -0.443 e. The van der Waals surface area contributed by atoms with Crippen LogP contribution < -0.4 is 10.6 Å². The molecule has 0 aliphatic rings. The number of halogens is 4. The van der Waals surface area contributed by atoms with Crippen LogP contribution in [-0.2, 0) is 29.5 Å². The van der Waals surface area contributed by atoms with Crippen LogP contribution in [0.4, 0.5) is 13.2 Å². The van der Waals surface area contributed by atoms with Crippen LogP contribution >= 0.6 is 24.0 Å². The molecule has 0 aliphatic carbocycles. The predicted octanol–water partition coefficient (Wildman–Crippen LogP) is 3.93. The summed E-state index contributed by atoms with van der Waals surface area (Å²) in [6.45, 7) is 6.17. The first-order chi connectivity index (χ1) is 14.4. The molecule has 0 fully saturated rings. The van der Waals surface area contributed by atoms with Crippen molar-refractivity contribution in [2.24, 2.45) is 4.99 Å². The van der Waals surface area contributed by atoms with E-state index in [0.29, 0.717) is 11.5 Å². The number of likely N-dealkylation sites (N-methyl/N-ethyl adjacent to an activating group) is 1. The summed E-state index contributed by atoms with van der Waals surface area (Å²) in [6.07, 6.45) is -2.77. The molecule has 0 spiro atoms. The second-order valence-electron chi connectivity index (χ2n) is 8.23. The summed E-state index contributed by atoms with van der Waals surface area (Å²) in [5.74, 6) is 1.22. The molecule has 0 bridgehead atoms. The Balaban J connectivity index is 0.00000512. The number of oxazole rings is 1. The third-order valence-electron chi connectivity index (χ3n) is 4.28. The second kappa shape index (κ2) is 11.5. The lowest BCUT2D eigenvalue weighted by Gasteiger charge is -2.15. The van der Waals surface area contributed by atoms with Gasteiger partial charge >= 0.3 is 6.18 Å². The van der Waals surface area contributed by atoms with Crippen molar-refractivity contribution in [3.05, 3.63) is 53.2 Å². The van der Waals surface area contributed by atoms with Crippen LogP contribution in [0.15, 0.2) is 39.9 Å². The van der Waals surface area contributed by atoms with Crippen molar-refractivity contribution in [2.45, 2.75) is 45.5 Å². The molecule has 178 valence electrons. The maximum absolute atomic E-state index is 12.9. The molecule has 1 aromatic heterocycles. The molecule has 0 saturated carbocycles. The Bertz CT molecular complexity index is 921. The van der Waals surface area contributed by atoms with E-state index < -0.39 is 11.7 Å². The van der Waals surface area contributed by atoms with Gasteiger partial charge in [-0.1, -0.05) is 32.9 Å². The molecule has 2 N–H and O–H groups in total. The minimum absolute atomic E-state index is 0. The summed E-state index contributed by atoms with van der Waals surface area (Å²) < 4.78 is 44.5. The van der Waals surface area contributed by atoms with Gasteiger partial charge in [-0.05, 0) is 17.7 Å². The highest BCUT2D eigenvalue weighted by molar-refractivity contribution is 14.0. The van der Waals surface area contributed by atoms with Crippen LogP contribution in [0, 0.1) is 0 Å². The molecule has 0 aliphatic heterocycles. The van der Waals surface area contributed by atoms with Gasteiger partial charge in [-0.2, -0.15) is 13.2 Å². The summed E-state index contributed by atoms with van der Waals surface area (Å²) in [6, 6.07) is 4.96. The largest absolute Gasteiger partial charge is 0.443 e. The normalized spacial score (nSPS) is 12.2. The van der Waals surface area contributed by atoms with Crippen molar-refractivity contribution in [3.63, 3.8) is 0 Å². The number of rotatable bonds is 6. The van der Waals surface area contributed by atoms with E-state index in [4.69, 9.17) is 4.42 Å². The van der Waals surface area contributed by atoms with E-state index in [0.717, 1.165) is 17.9 Å². The number of carbonyl (C=O) groups excluding carboxylic acids is 1. The number of hydrogen-bond donors (Lipinski definition) is 2. The second-order valence-corrected chi connectivity index (χ2v) is 8.23. The first kappa shape index (κ1) is 27.7. The maximum atomic E-state index is 12.9. The fourth-order valence-corrected chi connectivity index (χ4v) is 2.41. The lowest BCUT2D eigenvalue weighted by Crippen LogP contribution is -2.42. The topological polar surface area (TPSA) is 82.8 Å². The molecule has 7 nitrogen and oxygen atoms in total. The number of amides is 1. The number of carbonyl (C=O) groups is 1. The number of alkyl halides is 3. The first-order valence-electron chi connectivity index (χ1n) is 9.70. The van der Waals surface area contributed by atoms with Crippen LogP contribution in [-0.4, -0.2) is 42.4 Å². The molecule has 0 saturated heterocycles. The molecule has 2 aromatic rings. The Kier molecular flexibility index (Phi) is 9.98. The van der Waals surface area contributed by atoms with Crippen molar-refractivity contribution >= 4 is 35.8 Å². The molecular formula is C21H29F3IN5O2. The Morgan fingerprint density at radius 2 is 1.88 bits per heavy atom. The zero-order valence-electron chi connectivity index (χ0n) is 18.7. The molecule has 11 heteroatoms. The van der Waals surface area contributed by atoms with Gasteiger partial charge in [0.2, 0.25) is 11.8 Å². The van der Waals surface area contributed by atoms with Gasteiger partial charge in [0.25, 0.3) is 0 Å². The maximum Gasteiger partial charge on any atom is 0.416 e. The molecule has 0 atom stereocenters. The zero-order valence-corrected chi connectivity index (χ0v) is 21.0. The summed E-state index contributed by atoms with van der Waals surface area (Å²) in [5, 5.41) is 5.88.